The first-order chi connectivity index (χ1) is 10.7. The number of ether oxygens (including phenoxy) is 2. The van der Waals surface area contributed by atoms with Gasteiger partial charge in [-0.05, 0) is 49.5 Å². The van der Waals surface area contributed by atoms with E-state index in [1.165, 1.54) is 11.1 Å². The van der Waals surface area contributed by atoms with Crippen LogP contribution in [0.3, 0.4) is 0 Å². The van der Waals surface area contributed by atoms with Crippen molar-refractivity contribution in [1.82, 2.24) is 10.6 Å². The summed E-state index contributed by atoms with van der Waals surface area (Å²) in [5.74, 6) is 1.82. The van der Waals surface area contributed by atoms with E-state index >= 15 is 0 Å². The van der Waals surface area contributed by atoms with Crippen molar-refractivity contribution in [3.63, 3.8) is 0 Å². The Labute approximate surface area is 133 Å². The van der Waals surface area contributed by atoms with E-state index in [0.29, 0.717) is 0 Å². The summed E-state index contributed by atoms with van der Waals surface area (Å²) in [6.07, 6.45) is 0. The number of rotatable bonds is 6. The number of nitrogens with one attached hydrogen (secondary N) is 2. The van der Waals surface area contributed by atoms with E-state index in [-0.39, 0.29) is 0 Å². The van der Waals surface area contributed by atoms with Crippen molar-refractivity contribution in [3.05, 3.63) is 59.7 Å². The second-order valence-electron chi connectivity index (χ2n) is 4.76. The van der Waals surface area contributed by atoms with Gasteiger partial charge < -0.3 is 20.1 Å². The summed E-state index contributed by atoms with van der Waals surface area (Å²) in [5, 5.41) is 6.16. The molecule has 2 rings (SSSR count). The molecule has 2 N–H and O–H groups in total. The molecule has 2 aromatic carbocycles. The number of hydrogen-bond donors (Lipinski definition) is 2. The molecule has 0 aliphatic carbocycles. The summed E-state index contributed by atoms with van der Waals surface area (Å²) in [5.41, 5.74) is 2.51. The molecule has 0 bridgehead atoms. The van der Waals surface area contributed by atoms with E-state index in [1.807, 2.05) is 44.4 Å². The smallest absolute Gasteiger partial charge is 0.119 e. The average Bonchev–Trinajstić information content (AvgIpc) is 2.57. The maximum atomic E-state index is 5.07. The maximum absolute atomic E-state index is 5.07. The van der Waals surface area contributed by atoms with Crippen molar-refractivity contribution >= 4 is 0 Å². The summed E-state index contributed by atoms with van der Waals surface area (Å²) < 4.78 is 10.1. The first kappa shape index (κ1) is 18.0. The molecule has 0 heterocycles. The minimum absolute atomic E-state index is 0.886. The van der Waals surface area contributed by atoms with Crippen LogP contribution >= 0.6 is 0 Å². The van der Waals surface area contributed by atoms with Gasteiger partial charge in [-0.3, -0.25) is 0 Å². The van der Waals surface area contributed by atoms with Crippen molar-refractivity contribution in [2.45, 2.75) is 13.1 Å². The Balaban J connectivity index is 0.000000220. The standard InChI is InChI=1S/2C9H13NO/c1-10-7-8-3-5-9(11-2)6-4-8;1-10-7-8-4-3-5-9(6-8)11-2/h2*3-6,10H,7H2,1-2H3. The predicted octanol–water partition coefficient (Wildman–Crippen LogP) is 2.83. The van der Waals surface area contributed by atoms with Crippen LogP contribution in [0.15, 0.2) is 48.5 Å². The zero-order chi connectivity index (χ0) is 16.2. The third-order valence-corrected chi connectivity index (χ3v) is 3.06. The van der Waals surface area contributed by atoms with Gasteiger partial charge in [0.15, 0.2) is 0 Å². The molecule has 0 aromatic heterocycles. The molecule has 4 heteroatoms. The summed E-state index contributed by atoms with van der Waals surface area (Å²) in [4.78, 5) is 0. The van der Waals surface area contributed by atoms with Gasteiger partial charge in [-0.15, -0.1) is 0 Å². The Hall–Kier alpha value is -2.04. The lowest BCUT2D eigenvalue weighted by Gasteiger charge is -2.02. The van der Waals surface area contributed by atoms with Crippen LogP contribution in [0.5, 0.6) is 11.5 Å². The Morgan fingerprint density at radius 2 is 1.32 bits per heavy atom. The minimum Gasteiger partial charge on any atom is -0.497 e. The maximum Gasteiger partial charge on any atom is 0.119 e. The fourth-order valence-corrected chi connectivity index (χ4v) is 1.93. The van der Waals surface area contributed by atoms with Crippen LogP contribution in [0, 0.1) is 0 Å². The van der Waals surface area contributed by atoms with Gasteiger partial charge >= 0.3 is 0 Å². The van der Waals surface area contributed by atoms with Crippen LogP contribution in [-0.2, 0) is 13.1 Å². The Morgan fingerprint density at radius 1 is 0.727 bits per heavy atom. The quantitative estimate of drug-likeness (QED) is 0.861. The Morgan fingerprint density at radius 3 is 1.86 bits per heavy atom. The molecule has 0 radical (unpaired) electrons. The van der Waals surface area contributed by atoms with E-state index in [1.54, 1.807) is 14.2 Å². The van der Waals surface area contributed by atoms with Gasteiger partial charge in [0.25, 0.3) is 0 Å². The lowest BCUT2D eigenvalue weighted by Crippen LogP contribution is -2.04. The minimum atomic E-state index is 0.886. The molecule has 0 unspecified atom stereocenters. The fourth-order valence-electron chi connectivity index (χ4n) is 1.93. The van der Waals surface area contributed by atoms with Crippen molar-refractivity contribution in [2.75, 3.05) is 28.3 Å². The Kier molecular flexibility index (Phi) is 8.72. The van der Waals surface area contributed by atoms with Gasteiger partial charge in [0.1, 0.15) is 11.5 Å². The van der Waals surface area contributed by atoms with Crippen LogP contribution in [-0.4, -0.2) is 28.3 Å². The molecule has 0 saturated heterocycles. The molecule has 0 atom stereocenters. The topological polar surface area (TPSA) is 42.5 Å². The van der Waals surface area contributed by atoms with Crippen LogP contribution in [0.25, 0.3) is 0 Å². The molecule has 22 heavy (non-hydrogen) atoms. The molecular formula is C18H26N2O2. The monoisotopic (exact) mass is 302 g/mol. The molecular weight excluding hydrogens is 276 g/mol. The molecule has 0 aliphatic heterocycles. The first-order valence-corrected chi connectivity index (χ1v) is 7.28. The third-order valence-electron chi connectivity index (χ3n) is 3.06. The lowest BCUT2D eigenvalue weighted by atomic mass is 10.2. The lowest BCUT2D eigenvalue weighted by molar-refractivity contribution is 0.414. The first-order valence-electron chi connectivity index (χ1n) is 7.28. The highest BCUT2D eigenvalue weighted by Gasteiger charge is 1.92. The van der Waals surface area contributed by atoms with Gasteiger partial charge in [0.05, 0.1) is 14.2 Å². The second-order valence-corrected chi connectivity index (χ2v) is 4.76. The number of hydrogen-bond acceptors (Lipinski definition) is 4. The summed E-state index contributed by atoms with van der Waals surface area (Å²) in [6, 6.07) is 16.1. The molecule has 120 valence electrons. The highest BCUT2D eigenvalue weighted by Crippen LogP contribution is 2.12. The van der Waals surface area contributed by atoms with Gasteiger partial charge in [-0.25, -0.2) is 0 Å². The molecule has 2 aromatic rings. The molecule has 0 saturated carbocycles. The van der Waals surface area contributed by atoms with Crippen LogP contribution in [0.4, 0.5) is 0 Å². The van der Waals surface area contributed by atoms with Crippen molar-refractivity contribution < 1.29 is 9.47 Å². The van der Waals surface area contributed by atoms with Crippen molar-refractivity contribution in [3.8, 4) is 11.5 Å². The molecule has 4 nitrogen and oxygen atoms in total. The normalized spacial score (nSPS) is 9.64. The van der Waals surface area contributed by atoms with Gasteiger partial charge in [0, 0.05) is 13.1 Å². The molecule has 0 spiro atoms. The summed E-state index contributed by atoms with van der Waals surface area (Å²) in [6.45, 7) is 1.79. The van der Waals surface area contributed by atoms with Gasteiger partial charge in [-0.2, -0.15) is 0 Å². The Bertz CT molecular complexity index is 527. The average molecular weight is 302 g/mol. The number of methoxy groups -OCH3 is 2. The van der Waals surface area contributed by atoms with E-state index in [9.17, 15) is 0 Å². The second kappa shape index (κ2) is 10.7. The third kappa shape index (κ3) is 6.61. The fraction of sp³-hybridized carbons (Fsp3) is 0.333. The summed E-state index contributed by atoms with van der Waals surface area (Å²) >= 11 is 0. The zero-order valence-corrected chi connectivity index (χ0v) is 13.8. The highest BCUT2D eigenvalue weighted by atomic mass is 16.5. The predicted molar refractivity (Wildman–Crippen MR) is 91.5 cm³/mol. The van der Waals surface area contributed by atoms with Crippen LogP contribution in [0.1, 0.15) is 11.1 Å². The number of benzene rings is 2. The van der Waals surface area contributed by atoms with E-state index in [2.05, 4.69) is 28.8 Å². The zero-order valence-electron chi connectivity index (χ0n) is 13.8. The van der Waals surface area contributed by atoms with Gasteiger partial charge in [0.2, 0.25) is 0 Å². The molecule has 0 amide bonds. The van der Waals surface area contributed by atoms with Crippen LogP contribution < -0.4 is 20.1 Å². The highest BCUT2D eigenvalue weighted by molar-refractivity contribution is 5.28. The van der Waals surface area contributed by atoms with Crippen molar-refractivity contribution in [1.29, 1.82) is 0 Å². The molecule has 0 fully saturated rings. The van der Waals surface area contributed by atoms with E-state index in [4.69, 9.17) is 9.47 Å². The summed E-state index contributed by atoms with van der Waals surface area (Å²) in [7, 11) is 7.22. The van der Waals surface area contributed by atoms with E-state index in [0.717, 1.165) is 24.6 Å². The van der Waals surface area contributed by atoms with E-state index < -0.39 is 0 Å². The van der Waals surface area contributed by atoms with Gasteiger partial charge in [-0.1, -0.05) is 24.3 Å². The molecule has 0 aliphatic rings. The SMILES string of the molecule is CNCc1ccc(OC)cc1.CNCc1cccc(OC)c1. The largest absolute Gasteiger partial charge is 0.497 e. The van der Waals surface area contributed by atoms with Crippen LogP contribution in [0.2, 0.25) is 0 Å². The van der Waals surface area contributed by atoms with Crippen molar-refractivity contribution in [2.24, 2.45) is 0 Å².